The monoisotopic (exact) mass is 372 g/mol. The second kappa shape index (κ2) is 12.5. The van der Waals surface area contributed by atoms with E-state index in [1.807, 2.05) is 16.8 Å². The fraction of sp³-hybridized carbons (Fsp3) is 0.682. The van der Waals surface area contributed by atoms with E-state index in [0.29, 0.717) is 13.0 Å². The highest BCUT2D eigenvalue weighted by Crippen LogP contribution is 2.13. The van der Waals surface area contributed by atoms with Crippen molar-refractivity contribution < 1.29 is 4.79 Å². The van der Waals surface area contributed by atoms with Crippen LogP contribution in [0.3, 0.4) is 0 Å². The minimum absolute atomic E-state index is 0.0993. The van der Waals surface area contributed by atoms with Gasteiger partial charge in [0, 0.05) is 13.0 Å². The van der Waals surface area contributed by atoms with Gasteiger partial charge in [-0.1, -0.05) is 76.0 Å². The lowest BCUT2D eigenvalue weighted by molar-refractivity contribution is -0.121. The highest BCUT2D eigenvalue weighted by Gasteiger charge is 2.07. The number of benzene rings is 1. The Hall–Kier alpha value is -1.91. The minimum atomic E-state index is 0.0993. The van der Waals surface area contributed by atoms with Crippen molar-refractivity contribution in [3.8, 4) is 0 Å². The van der Waals surface area contributed by atoms with E-state index < -0.39 is 0 Å². The van der Waals surface area contributed by atoms with Crippen LogP contribution in [0.5, 0.6) is 0 Å². The molecule has 0 aliphatic heterocycles. The molecular weight excluding hydrogens is 336 g/mol. The molecule has 0 spiro atoms. The molecule has 150 valence electrons. The highest BCUT2D eigenvalue weighted by atomic mass is 16.1. The van der Waals surface area contributed by atoms with E-state index in [2.05, 4.69) is 35.5 Å². The Morgan fingerprint density at radius 1 is 1.00 bits per heavy atom. The predicted molar refractivity (Wildman–Crippen MR) is 112 cm³/mol. The average Bonchev–Trinajstić information content (AvgIpc) is 3.06. The van der Waals surface area contributed by atoms with Crippen molar-refractivity contribution in [3.63, 3.8) is 0 Å². The Labute approximate surface area is 163 Å². The summed E-state index contributed by atoms with van der Waals surface area (Å²) < 4.78 is 1.82. The van der Waals surface area contributed by atoms with Crippen molar-refractivity contribution in [2.75, 3.05) is 6.54 Å². The molecular formula is C22H36N4O. The molecule has 1 N–H and O–H groups in total. The fourth-order valence-electron chi connectivity index (χ4n) is 3.38. The zero-order chi connectivity index (χ0) is 19.3. The average molecular weight is 373 g/mol. The first-order valence-electron chi connectivity index (χ1n) is 10.8. The number of aryl methyl sites for hydroxylation is 2. The van der Waals surface area contributed by atoms with Gasteiger partial charge in [-0.2, -0.15) is 0 Å². The van der Waals surface area contributed by atoms with Crippen molar-refractivity contribution in [2.45, 2.75) is 91.0 Å². The molecule has 0 radical (unpaired) electrons. The molecule has 0 aliphatic rings. The molecule has 0 atom stereocenters. The van der Waals surface area contributed by atoms with Gasteiger partial charge in [-0.05, 0) is 31.0 Å². The molecule has 1 heterocycles. The van der Waals surface area contributed by atoms with Gasteiger partial charge in [0.1, 0.15) is 5.52 Å². The summed E-state index contributed by atoms with van der Waals surface area (Å²) in [5.74, 6) is 0.0993. The first-order valence-corrected chi connectivity index (χ1v) is 10.8. The number of hydrogen-bond acceptors (Lipinski definition) is 3. The number of nitrogens with one attached hydrogen (secondary N) is 1. The van der Waals surface area contributed by atoms with Gasteiger partial charge in [0.05, 0.1) is 12.1 Å². The van der Waals surface area contributed by atoms with E-state index in [4.69, 9.17) is 0 Å². The quantitative estimate of drug-likeness (QED) is 0.466. The number of unbranched alkanes of at least 4 members (excludes halogenated alkanes) is 9. The summed E-state index contributed by atoms with van der Waals surface area (Å²) in [5, 5.41) is 11.3. The molecule has 1 aromatic heterocycles. The van der Waals surface area contributed by atoms with E-state index in [9.17, 15) is 4.79 Å². The van der Waals surface area contributed by atoms with Crippen molar-refractivity contribution >= 4 is 16.9 Å². The Morgan fingerprint density at radius 2 is 1.67 bits per heavy atom. The summed E-state index contributed by atoms with van der Waals surface area (Å²) in [6.07, 6.45) is 13.6. The highest BCUT2D eigenvalue weighted by molar-refractivity contribution is 5.77. The first-order chi connectivity index (χ1) is 13.2. The fourth-order valence-corrected chi connectivity index (χ4v) is 3.38. The second-order valence-corrected chi connectivity index (χ2v) is 7.59. The summed E-state index contributed by atoms with van der Waals surface area (Å²) in [5.41, 5.74) is 3.06. The summed E-state index contributed by atoms with van der Waals surface area (Å²) in [4.78, 5) is 12.0. The molecule has 0 fully saturated rings. The molecule has 2 rings (SSSR count). The topological polar surface area (TPSA) is 59.8 Å². The Balaban J connectivity index is 1.50. The van der Waals surface area contributed by atoms with Crippen LogP contribution in [0, 0.1) is 6.92 Å². The third-order valence-electron chi connectivity index (χ3n) is 5.07. The number of carbonyl (C=O) groups is 1. The molecule has 1 amide bonds. The van der Waals surface area contributed by atoms with Crippen molar-refractivity contribution in [1.29, 1.82) is 0 Å². The number of nitrogens with zero attached hydrogens (tertiary/aromatic N) is 3. The second-order valence-electron chi connectivity index (χ2n) is 7.59. The zero-order valence-electron chi connectivity index (χ0n) is 17.2. The molecule has 0 aliphatic carbocycles. The van der Waals surface area contributed by atoms with Gasteiger partial charge < -0.3 is 5.32 Å². The maximum absolute atomic E-state index is 12.0. The third kappa shape index (κ3) is 8.10. The van der Waals surface area contributed by atoms with Crippen LogP contribution in [0.1, 0.15) is 83.1 Å². The molecule has 2 aromatic rings. The number of carbonyl (C=O) groups excluding carboxylic acids is 1. The summed E-state index contributed by atoms with van der Waals surface area (Å²) in [7, 11) is 0. The molecule has 0 unspecified atom stereocenters. The standard InChI is InChI=1S/C22H36N4O/c1-3-4-5-6-7-8-9-10-11-12-16-23-22(27)15-17-26-21-18-19(2)13-14-20(21)24-25-26/h13-14,18H,3-12,15-17H2,1-2H3,(H,23,27). The normalized spacial score (nSPS) is 11.2. The van der Waals surface area contributed by atoms with Gasteiger partial charge in [-0.3, -0.25) is 4.79 Å². The first kappa shape index (κ1) is 21.4. The number of aromatic nitrogens is 3. The zero-order valence-corrected chi connectivity index (χ0v) is 17.2. The Bertz CT molecular complexity index is 680. The lowest BCUT2D eigenvalue weighted by atomic mass is 10.1. The van der Waals surface area contributed by atoms with Crippen LogP contribution in [-0.4, -0.2) is 27.4 Å². The van der Waals surface area contributed by atoms with Crippen LogP contribution in [0.15, 0.2) is 18.2 Å². The molecule has 1 aromatic carbocycles. The van der Waals surface area contributed by atoms with Gasteiger partial charge >= 0.3 is 0 Å². The van der Waals surface area contributed by atoms with Crippen LogP contribution >= 0.6 is 0 Å². The number of hydrogen-bond donors (Lipinski definition) is 1. The molecule has 0 saturated carbocycles. The molecule has 27 heavy (non-hydrogen) atoms. The lowest BCUT2D eigenvalue weighted by Gasteiger charge is -2.06. The van der Waals surface area contributed by atoms with Crippen LogP contribution in [-0.2, 0) is 11.3 Å². The Morgan fingerprint density at radius 3 is 2.37 bits per heavy atom. The molecule has 5 nitrogen and oxygen atoms in total. The van der Waals surface area contributed by atoms with E-state index >= 15 is 0 Å². The molecule has 0 saturated heterocycles. The smallest absolute Gasteiger partial charge is 0.221 e. The Kier molecular flexibility index (Phi) is 9.88. The van der Waals surface area contributed by atoms with Crippen LogP contribution in [0.25, 0.3) is 11.0 Å². The lowest BCUT2D eigenvalue weighted by Crippen LogP contribution is -2.25. The van der Waals surface area contributed by atoms with Gasteiger partial charge in [-0.15, -0.1) is 5.10 Å². The van der Waals surface area contributed by atoms with Gasteiger partial charge in [0.2, 0.25) is 5.91 Å². The van der Waals surface area contributed by atoms with Crippen molar-refractivity contribution in [1.82, 2.24) is 20.3 Å². The van der Waals surface area contributed by atoms with Crippen LogP contribution in [0.2, 0.25) is 0 Å². The van der Waals surface area contributed by atoms with E-state index in [0.717, 1.165) is 24.0 Å². The van der Waals surface area contributed by atoms with E-state index in [1.165, 1.54) is 63.4 Å². The van der Waals surface area contributed by atoms with Crippen molar-refractivity contribution in [2.24, 2.45) is 0 Å². The summed E-state index contributed by atoms with van der Waals surface area (Å²) >= 11 is 0. The SMILES string of the molecule is CCCCCCCCCCCCNC(=O)CCn1nnc2ccc(C)cc21. The number of rotatable bonds is 14. The number of fused-ring (bicyclic) bond motifs is 1. The van der Waals surface area contributed by atoms with E-state index in [-0.39, 0.29) is 5.91 Å². The van der Waals surface area contributed by atoms with Gasteiger partial charge in [0.25, 0.3) is 0 Å². The largest absolute Gasteiger partial charge is 0.356 e. The predicted octanol–water partition coefficient (Wildman–Crippen LogP) is 5.17. The van der Waals surface area contributed by atoms with Gasteiger partial charge in [-0.25, -0.2) is 4.68 Å². The van der Waals surface area contributed by atoms with Crippen LogP contribution in [0.4, 0.5) is 0 Å². The molecule has 5 heteroatoms. The summed E-state index contributed by atoms with van der Waals surface area (Å²) in [6, 6.07) is 6.07. The maximum atomic E-state index is 12.0. The third-order valence-corrected chi connectivity index (χ3v) is 5.07. The maximum Gasteiger partial charge on any atom is 0.221 e. The van der Waals surface area contributed by atoms with Gasteiger partial charge in [0.15, 0.2) is 0 Å². The van der Waals surface area contributed by atoms with Crippen LogP contribution < -0.4 is 5.32 Å². The number of amides is 1. The summed E-state index contributed by atoms with van der Waals surface area (Å²) in [6.45, 7) is 5.67. The molecule has 0 bridgehead atoms. The van der Waals surface area contributed by atoms with Crippen molar-refractivity contribution in [3.05, 3.63) is 23.8 Å². The minimum Gasteiger partial charge on any atom is -0.356 e. The van der Waals surface area contributed by atoms with E-state index in [1.54, 1.807) is 0 Å².